The maximum absolute atomic E-state index is 13.8. The molecule has 5 rings (SSSR count). The van der Waals surface area contributed by atoms with Crippen molar-refractivity contribution >= 4 is 39.1 Å². The maximum Gasteiger partial charge on any atom is 0.267 e. The second kappa shape index (κ2) is 9.15. The van der Waals surface area contributed by atoms with Crippen LogP contribution in [-0.2, 0) is 12.8 Å². The molecule has 168 valence electrons. The fourth-order valence-electron chi connectivity index (χ4n) is 4.26. The number of carbonyl (C=O) groups is 1. The first kappa shape index (κ1) is 21.9. The lowest BCUT2D eigenvalue weighted by Gasteiger charge is -2.17. The summed E-state index contributed by atoms with van der Waals surface area (Å²) in [6.45, 7) is 2.26. The van der Waals surface area contributed by atoms with E-state index in [-0.39, 0.29) is 17.1 Å². The SMILES string of the molecule is COc1ccc(C(=O)CSc2nc3sc4c(c3c(=O)n2-c2ccccc2)CCC(C)C4)cc1. The van der Waals surface area contributed by atoms with Gasteiger partial charge in [0.1, 0.15) is 10.6 Å². The summed E-state index contributed by atoms with van der Waals surface area (Å²) < 4.78 is 6.84. The molecule has 0 N–H and O–H groups in total. The molecule has 0 bridgehead atoms. The Balaban J connectivity index is 1.55. The summed E-state index contributed by atoms with van der Waals surface area (Å²) in [5, 5.41) is 1.30. The second-order valence-corrected chi connectivity index (χ2v) is 10.4. The van der Waals surface area contributed by atoms with Crippen molar-refractivity contribution < 1.29 is 9.53 Å². The lowest BCUT2D eigenvalue weighted by atomic mass is 9.89. The van der Waals surface area contributed by atoms with Crippen molar-refractivity contribution in [1.29, 1.82) is 0 Å². The molecule has 0 saturated carbocycles. The average molecular weight is 477 g/mol. The summed E-state index contributed by atoms with van der Waals surface area (Å²) in [4.78, 5) is 33.6. The first-order chi connectivity index (χ1) is 16.0. The van der Waals surface area contributed by atoms with E-state index in [0.717, 1.165) is 35.2 Å². The average Bonchev–Trinajstić information content (AvgIpc) is 3.20. The van der Waals surface area contributed by atoms with Gasteiger partial charge >= 0.3 is 0 Å². The molecule has 0 saturated heterocycles. The third-order valence-corrected chi connectivity index (χ3v) is 8.14. The van der Waals surface area contributed by atoms with Crippen LogP contribution in [0.25, 0.3) is 15.9 Å². The highest BCUT2D eigenvalue weighted by Crippen LogP contribution is 2.37. The lowest BCUT2D eigenvalue weighted by Crippen LogP contribution is -2.23. The van der Waals surface area contributed by atoms with Crippen LogP contribution in [0.3, 0.4) is 0 Å². The number of methoxy groups -OCH3 is 1. The van der Waals surface area contributed by atoms with Gasteiger partial charge in [0.15, 0.2) is 10.9 Å². The van der Waals surface area contributed by atoms with Gasteiger partial charge in [-0.3, -0.25) is 14.2 Å². The Kier molecular flexibility index (Phi) is 6.08. The number of thiophene rings is 1. The first-order valence-corrected chi connectivity index (χ1v) is 12.8. The molecule has 0 amide bonds. The zero-order valence-electron chi connectivity index (χ0n) is 18.5. The Labute approximate surface area is 200 Å². The number of rotatable bonds is 6. The van der Waals surface area contributed by atoms with Gasteiger partial charge in [0.25, 0.3) is 5.56 Å². The van der Waals surface area contributed by atoms with E-state index in [1.54, 1.807) is 47.3 Å². The van der Waals surface area contributed by atoms with E-state index in [1.807, 2.05) is 30.3 Å². The Bertz CT molecular complexity index is 1370. The van der Waals surface area contributed by atoms with Crippen molar-refractivity contribution in [1.82, 2.24) is 9.55 Å². The van der Waals surface area contributed by atoms with E-state index < -0.39 is 0 Å². The van der Waals surface area contributed by atoms with Crippen LogP contribution in [0.5, 0.6) is 5.75 Å². The quantitative estimate of drug-likeness (QED) is 0.207. The fraction of sp³-hybridized carbons (Fsp3) is 0.269. The Morgan fingerprint density at radius 3 is 2.67 bits per heavy atom. The minimum atomic E-state index is -0.0438. The summed E-state index contributed by atoms with van der Waals surface area (Å²) in [5.74, 6) is 1.51. The summed E-state index contributed by atoms with van der Waals surface area (Å²) in [6.07, 6.45) is 3.01. The molecule has 1 atom stereocenters. The number of benzene rings is 2. The summed E-state index contributed by atoms with van der Waals surface area (Å²) in [5.41, 5.74) is 2.50. The number of Topliss-reactive ketones (excluding diaryl/α,β-unsaturated/α-hetero) is 1. The Morgan fingerprint density at radius 2 is 1.94 bits per heavy atom. The normalized spacial score (nSPS) is 15.4. The van der Waals surface area contributed by atoms with Gasteiger partial charge in [-0.2, -0.15) is 0 Å². The molecule has 5 nitrogen and oxygen atoms in total. The number of fused-ring (bicyclic) bond motifs is 3. The molecule has 1 aliphatic carbocycles. The summed E-state index contributed by atoms with van der Waals surface area (Å²) >= 11 is 2.94. The summed E-state index contributed by atoms with van der Waals surface area (Å²) in [7, 11) is 1.60. The van der Waals surface area contributed by atoms with E-state index in [9.17, 15) is 9.59 Å². The summed E-state index contributed by atoms with van der Waals surface area (Å²) in [6, 6.07) is 16.6. The molecular weight excluding hydrogens is 452 g/mol. The molecule has 0 spiro atoms. The van der Waals surface area contributed by atoms with Gasteiger partial charge < -0.3 is 4.74 Å². The molecule has 2 aromatic heterocycles. The van der Waals surface area contributed by atoms with Gasteiger partial charge in [-0.15, -0.1) is 11.3 Å². The van der Waals surface area contributed by atoms with Crippen molar-refractivity contribution in [3.63, 3.8) is 0 Å². The fourth-order valence-corrected chi connectivity index (χ4v) is 6.59. The van der Waals surface area contributed by atoms with Crippen molar-refractivity contribution in [3.05, 3.63) is 81.0 Å². The van der Waals surface area contributed by atoms with E-state index >= 15 is 0 Å². The number of nitrogens with zero attached hydrogens (tertiary/aromatic N) is 2. The first-order valence-electron chi connectivity index (χ1n) is 11.0. The van der Waals surface area contributed by atoms with Crippen LogP contribution in [0.4, 0.5) is 0 Å². The third-order valence-electron chi connectivity index (χ3n) is 6.06. The molecule has 1 unspecified atom stereocenters. The standard InChI is InChI=1S/C26H24N2O3S2/c1-16-8-13-20-22(14-16)33-24-23(20)25(30)28(18-6-4-3-5-7-18)26(27-24)32-15-21(29)17-9-11-19(31-2)12-10-17/h3-7,9-12,16H,8,13-15H2,1-2H3. The van der Waals surface area contributed by atoms with Gasteiger partial charge in [-0.1, -0.05) is 36.9 Å². The predicted molar refractivity (Wildman–Crippen MR) is 134 cm³/mol. The molecule has 7 heteroatoms. The Morgan fingerprint density at radius 1 is 1.18 bits per heavy atom. The molecule has 4 aromatic rings. The van der Waals surface area contributed by atoms with E-state index in [4.69, 9.17) is 9.72 Å². The van der Waals surface area contributed by atoms with Crippen molar-refractivity contribution in [2.24, 2.45) is 5.92 Å². The largest absolute Gasteiger partial charge is 0.497 e. The molecule has 2 aromatic carbocycles. The molecule has 2 heterocycles. The molecule has 0 fully saturated rings. The second-order valence-electron chi connectivity index (χ2n) is 8.34. The zero-order valence-corrected chi connectivity index (χ0v) is 20.2. The maximum atomic E-state index is 13.8. The van der Waals surface area contributed by atoms with E-state index in [2.05, 4.69) is 6.92 Å². The number of aryl methyl sites for hydroxylation is 1. The number of hydrogen-bond donors (Lipinski definition) is 0. The Hall–Kier alpha value is -2.90. The molecule has 33 heavy (non-hydrogen) atoms. The third kappa shape index (κ3) is 4.23. The number of hydrogen-bond acceptors (Lipinski definition) is 6. The smallest absolute Gasteiger partial charge is 0.267 e. The van der Waals surface area contributed by atoms with Gasteiger partial charge in [-0.25, -0.2) is 4.98 Å². The number of ketones is 1. The minimum absolute atomic E-state index is 0.0177. The topological polar surface area (TPSA) is 61.2 Å². The van der Waals surface area contributed by atoms with Crippen LogP contribution < -0.4 is 10.3 Å². The highest BCUT2D eigenvalue weighted by atomic mass is 32.2. The number of carbonyl (C=O) groups excluding carboxylic acids is 1. The lowest BCUT2D eigenvalue weighted by molar-refractivity contribution is 0.102. The van der Waals surface area contributed by atoms with Crippen LogP contribution in [0.15, 0.2) is 64.5 Å². The van der Waals surface area contributed by atoms with Gasteiger partial charge in [0.2, 0.25) is 0 Å². The van der Waals surface area contributed by atoms with Crippen molar-refractivity contribution in [2.45, 2.75) is 31.3 Å². The van der Waals surface area contributed by atoms with Gasteiger partial charge in [0.05, 0.1) is 23.9 Å². The van der Waals surface area contributed by atoms with Crippen LogP contribution in [0.1, 0.15) is 34.1 Å². The molecular formula is C26H24N2O3S2. The van der Waals surface area contributed by atoms with Gasteiger partial charge in [-0.05, 0) is 67.1 Å². The van der Waals surface area contributed by atoms with E-state index in [0.29, 0.717) is 22.4 Å². The van der Waals surface area contributed by atoms with E-state index in [1.165, 1.54) is 22.2 Å². The number of aromatic nitrogens is 2. The molecule has 1 aliphatic rings. The zero-order chi connectivity index (χ0) is 22.9. The van der Waals surface area contributed by atoms with Crippen molar-refractivity contribution in [3.8, 4) is 11.4 Å². The highest BCUT2D eigenvalue weighted by molar-refractivity contribution is 7.99. The molecule has 0 aliphatic heterocycles. The monoisotopic (exact) mass is 476 g/mol. The number of ether oxygens (including phenoxy) is 1. The minimum Gasteiger partial charge on any atom is -0.497 e. The molecule has 0 radical (unpaired) electrons. The number of para-hydroxylation sites is 1. The van der Waals surface area contributed by atoms with Gasteiger partial charge in [0, 0.05) is 10.4 Å². The van der Waals surface area contributed by atoms with Crippen LogP contribution in [0.2, 0.25) is 0 Å². The van der Waals surface area contributed by atoms with Crippen molar-refractivity contribution in [2.75, 3.05) is 12.9 Å². The highest BCUT2D eigenvalue weighted by Gasteiger charge is 2.25. The van der Waals surface area contributed by atoms with Crippen LogP contribution in [0, 0.1) is 5.92 Å². The number of thioether (sulfide) groups is 1. The predicted octanol–water partition coefficient (Wildman–Crippen LogP) is 5.56. The van der Waals surface area contributed by atoms with Crippen LogP contribution in [-0.4, -0.2) is 28.2 Å². The van der Waals surface area contributed by atoms with Crippen LogP contribution >= 0.6 is 23.1 Å².